The van der Waals surface area contributed by atoms with E-state index >= 15 is 0 Å². The molecule has 0 spiro atoms. The molecule has 2 fully saturated rings. The minimum Gasteiger partial charge on any atom is -0.343 e. The van der Waals surface area contributed by atoms with E-state index in [1.165, 1.54) is 0 Å². The molecule has 0 aromatic heterocycles. The summed E-state index contributed by atoms with van der Waals surface area (Å²) >= 11 is 6.19. The largest absolute Gasteiger partial charge is 0.343 e. The zero-order valence-corrected chi connectivity index (χ0v) is 17.8. The summed E-state index contributed by atoms with van der Waals surface area (Å²) in [4.78, 5) is 41.9. The quantitative estimate of drug-likeness (QED) is 0.797. The van der Waals surface area contributed by atoms with Crippen LogP contribution in [-0.2, 0) is 9.59 Å². The summed E-state index contributed by atoms with van der Waals surface area (Å²) < 4.78 is 0. The number of amides is 3. The van der Waals surface area contributed by atoms with Crippen molar-refractivity contribution in [2.75, 3.05) is 26.2 Å². The molecule has 0 bridgehead atoms. The maximum Gasteiger partial charge on any atom is 0.253 e. The van der Waals surface area contributed by atoms with E-state index in [1.54, 1.807) is 24.3 Å². The molecular weight excluding hydrogens is 390 g/mol. The van der Waals surface area contributed by atoms with Gasteiger partial charge in [-0.15, -0.1) is 0 Å². The van der Waals surface area contributed by atoms with Crippen LogP contribution in [0.25, 0.3) is 0 Å². The predicted molar refractivity (Wildman–Crippen MR) is 113 cm³/mol. The third kappa shape index (κ3) is 5.30. The van der Waals surface area contributed by atoms with Gasteiger partial charge in [0.1, 0.15) is 6.04 Å². The van der Waals surface area contributed by atoms with Crippen molar-refractivity contribution in [3.63, 3.8) is 0 Å². The van der Waals surface area contributed by atoms with E-state index in [0.717, 1.165) is 32.4 Å². The van der Waals surface area contributed by atoms with E-state index in [1.807, 2.05) is 16.7 Å². The van der Waals surface area contributed by atoms with E-state index in [-0.39, 0.29) is 23.6 Å². The van der Waals surface area contributed by atoms with Crippen LogP contribution >= 0.6 is 11.6 Å². The number of likely N-dealkylation sites (tertiary alicyclic amines) is 2. The molecule has 2 saturated heterocycles. The summed E-state index contributed by atoms with van der Waals surface area (Å²) in [6, 6.07) is 6.29. The Hall–Kier alpha value is -2.08. The Labute approximate surface area is 177 Å². The fourth-order valence-electron chi connectivity index (χ4n) is 4.26. The Bertz CT molecular complexity index is 741. The van der Waals surface area contributed by atoms with Gasteiger partial charge in [0, 0.05) is 32.6 Å². The van der Waals surface area contributed by atoms with E-state index in [0.29, 0.717) is 42.9 Å². The number of rotatable bonds is 5. The van der Waals surface area contributed by atoms with Gasteiger partial charge in [0.2, 0.25) is 11.8 Å². The van der Waals surface area contributed by atoms with Crippen molar-refractivity contribution < 1.29 is 14.4 Å². The van der Waals surface area contributed by atoms with Crippen LogP contribution in [-0.4, -0.2) is 59.7 Å². The van der Waals surface area contributed by atoms with Gasteiger partial charge in [0.05, 0.1) is 10.6 Å². The lowest BCUT2D eigenvalue weighted by atomic mass is 9.87. The summed E-state index contributed by atoms with van der Waals surface area (Å²) in [5.74, 6) is -0.178. The van der Waals surface area contributed by atoms with Crippen molar-refractivity contribution in [1.29, 1.82) is 0 Å². The fourth-order valence-corrected chi connectivity index (χ4v) is 4.48. The summed E-state index contributed by atoms with van der Waals surface area (Å²) in [6.45, 7) is 4.60. The van der Waals surface area contributed by atoms with Crippen LogP contribution in [0.3, 0.4) is 0 Å². The second-order valence-electron chi connectivity index (χ2n) is 7.89. The minimum atomic E-state index is -0.587. The van der Waals surface area contributed by atoms with Crippen molar-refractivity contribution in [3.8, 4) is 0 Å². The van der Waals surface area contributed by atoms with Gasteiger partial charge >= 0.3 is 0 Å². The Morgan fingerprint density at radius 3 is 2.31 bits per heavy atom. The molecule has 6 nitrogen and oxygen atoms in total. The van der Waals surface area contributed by atoms with Crippen LogP contribution in [0.15, 0.2) is 24.3 Å². The Balaban J connectivity index is 1.75. The number of piperidine rings is 2. The Morgan fingerprint density at radius 1 is 1.03 bits per heavy atom. The highest BCUT2D eigenvalue weighted by atomic mass is 35.5. The average Bonchev–Trinajstić information content (AvgIpc) is 2.77. The van der Waals surface area contributed by atoms with Gasteiger partial charge in [-0.25, -0.2) is 0 Å². The molecule has 2 aliphatic rings. The van der Waals surface area contributed by atoms with Crippen LogP contribution in [0, 0.1) is 5.92 Å². The van der Waals surface area contributed by atoms with Gasteiger partial charge in [-0.1, -0.05) is 30.7 Å². The molecule has 158 valence electrons. The molecule has 1 aromatic rings. The maximum atomic E-state index is 13.3. The zero-order valence-electron chi connectivity index (χ0n) is 17.0. The normalized spacial score (nSPS) is 19.0. The van der Waals surface area contributed by atoms with Gasteiger partial charge < -0.3 is 15.1 Å². The number of halogens is 1. The molecule has 1 unspecified atom stereocenters. The number of hydrogen-bond acceptors (Lipinski definition) is 3. The molecule has 2 heterocycles. The van der Waals surface area contributed by atoms with Gasteiger partial charge in [-0.3, -0.25) is 14.4 Å². The van der Waals surface area contributed by atoms with E-state index in [4.69, 9.17) is 11.6 Å². The topological polar surface area (TPSA) is 69.7 Å². The van der Waals surface area contributed by atoms with Crippen molar-refractivity contribution in [3.05, 3.63) is 34.9 Å². The Kier molecular flexibility index (Phi) is 7.53. The highest BCUT2D eigenvalue weighted by Gasteiger charge is 2.36. The molecule has 0 aliphatic carbocycles. The second kappa shape index (κ2) is 10.1. The predicted octanol–water partition coefficient (Wildman–Crippen LogP) is 3.10. The maximum absolute atomic E-state index is 13.3. The van der Waals surface area contributed by atoms with Crippen LogP contribution < -0.4 is 5.32 Å². The lowest BCUT2D eigenvalue weighted by molar-refractivity contribution is -0.136. The lowest BCUT2D eigenvalue weighted by Gasteiger charge is -2.38. The number of nitrogens with zero attached hydrogens (tertiary/aromatic N) is 2. The molecule has 0 radical (unpaired) electrons. The first-order valence-electron chi connectivity index (χ1n) is 10.6. The molecule has 0 saturated carbocycles. The van der Waals surface area contributed by atoms with Gasteiger partial charge in [0.25, 0.3) is 5.91 Å². The lowest BCUT2D eigenvalue weighted by Crippen LogP contribution is -2.55. The smallest absolute Gasteiger partial charge is 0.253 e. The van der Waals surface area contributed by atoms with Crippen LogP contribution in [0.4, 0.5) is 0 Å². The summed E-state index contributed by atoms with van der Waals surface area (Å²) in [6.07, 6.45) is 5.04. The van der Waals surface area contributed by atoms with Gasteiger partial charge in [0.15, 0.2) is 0 Å². The molecule has 1 aromatic carbocycles. The first-order chi connectivity index (χ1) is 14.0. The third-order valence-corrected chi connectivity index (χ3v) is 6.33. The summed E-state index contributed by atoms with van der Waals surface area (Å²) in [5.41, 5.74) is 0.379. The van der Waals surface area contributed by atoms with Crippen LogP contribution in [0.5, 0.6) is 0 Å². The minimum absolute atomic E-state index is 0.00892. The molecule has 3 rings (SSSR count). The fraction of sp³-hybridized carbons (Fsp3) is 0.591. The molecular formula is C22H30ClN3O3. The molecule has 1 N–H and O–H groups in total. The molecule has 3 amide bonds. The standard InChI is InChI=1S/C22H30ClN3O3/c1-2-19(27)25-14-10-16(11-15-25)20(22(29)26-12-6-3-7-13-26)24-21(28)17-8-4-5-9-18(17)23/h4-5,8-9,16,20H,2-3,6-7,10-15H2,1H3,(H,24,28). The monoisotopic (exact) mass is 419 g/mol. The summed E-state index contributed by atoms with van der Waals surface area (Å²) in [5, 5.41) is 3.35. The van der Waals surface area contributed by atoms with Crippen molar-refractivity contribution in [1.82, 2.24) is 15.1 Å². The number of nitrogens with one attached hydrogen (secondary N) is 1. The van der Waals surface area contributed by atoms with Gasteiger partial charge in [-0.05, 0) is 50.2 Å². The Morgan fingerprint density at radius 2 is 1.69 bits per heavy atom. The van der Waals surface area contributed by atoms with E-state index in [2.05, 4.69) is 5.32 Å². The zero-order chi connectivity index (χ0) is 20.8. The molecule has 1 atom stereocenters. The molecule has 29 heavy (non-hydrogen) atoms. The first kappa shape index (κ1) is 21.6. The second-order valence-corrected chi connectivity index (χ2v) is 8.30. The third-order valence-electron chi connectivity index (χ3n) is 6.01. The van der Waals surface area contributed by atoms with E-state index < -0.39 is 6.04 Å². The van der Waals surface area contributed by atoms with Gasteiger partial charge in [-0.2, -0.15) is 0 Å². The highest BCUT2D eigenvalue weighted by molar-refractivity contribution is 6.33. The SMILES string of the molecule is CCC(=O)N1CCC(C(NC(=O)c2ccccc2Cl)C(=O)N2CCCCC2)CC1. The van der Waals surface area contributed by atoms with Crippen LogP contribution in [0.2, 0.25) is 5.02 Å². The first-order valence-corrected chi connectivity index (χ1v) is 11.0. The highest BCUT2D eigenvalue weighted by Crippen LogP contribution is 2.25. The number of benzene rings is 1. The van der Waals surface area contributed by atoms with E-state index in [9.17, 15) is 14.4 Å². The summed E-state index contributed by atoms with van der Waals surface area (Å²) in [7, 11) is 0. The van der Waals surface area contributed by atoms with Crippen LogP contribution in [0.1, 0.15) is 55.8 Å². The number of hydrogen-bond donors (Lipinski definition) is 1. The van der Waals surface area contributed by atoms with Crippen molar-refractivity contribution in [2.45, 2.75) is 51.5 Å². The number of carbonyl (C=O) groups is 3. The number of carbonyl (C=O) groups excluding carboxylic acids is 3. The van der Waals surface area contributed by atoms with Crippen molar-refractivity contribution in [2.24, 2.45) is 5.92 Å². The van der Waals surface area contributed by atoms with Crippen molar-refractivity contribution >= 4 is 29.3 Å². The molecule has 7 heteroatoms. The average molecular weight is 420 g/mol. The molecule has 2 aliphatic heterocycles.